The SMILES string of the molecule is Cc1ccc(S(=O)(=O)[C@H](C)c2nccnc2C(C)C)cc1. The fourth-order valence-electron chi connectivity index (χ4n) is 2.20. The Labute approximate surface area is 126 Å². The molecule has 0 spiro atoms. The minimum Gasteiger partial charge on any atom is -0.257 e. The zero-order chi connectivity index (χ0) is 15.6. The molecule has 1 aromatic carbocycles. The summed E-state index contributed by atoms with van der Waals surface area (Å²) in [5, 5.41) is -0.716. The lowest BCUT2D eigenvalue weighted by atomic mass is 10.1. The maximum absolute atomic E-state index is 12.8. The fraction of sp³-hybridized carbons (Fsp3) is 0.375. The highest BCUT2D eigenvalue weighted by Gasteiger charge is 2.29. The summed E-state index contributed by atoms with van der Waals surface area (Å²) < 4.78 is 25.5. The molecule has 5 heteroatoms. The van der Waals surface area contributed by atoms with Crippen molar-refractivity contribution in [1.82, 2.24) is 9.97 Å². The Morgan fingerprint density at radius 1 is 0.905 bits per heavy atom. The molecule has 0 aliphatic rings. The Morgan fingerprint density at radius 2 is 1.43 bits per heavy atom. The summed E-state index contributed by atoms with van der Waals surface area (Å²) in [6.07, 6.45) is 3.15. The topological polar surface area (TPSA) is 59.9 Å². The number of hydrogen-bond donors (Lipinski definition) is 0. The molecule has 0 fully saturated rings. The van der Waals surface area contributed by atoms with E-state index in [0.717, 1.165) is 11.3 Å². The van der Waals surface area contributed by atoms with Gasteiger partial charge >= 0.3 is 0 Å². The van der Waals surface area contributed by atoms with Crippen molar-refractivity contribution in [2.75, 3.05) is 0 Å². The Bertz CT molecular complexity index is 722. The molecule has 4 nitrogen and oxygen atoms in total. The summed E-state index contributed by atoms with van der Waals surface area (Å²) in [4.78, 5) is 8.88. The molecule has 1 heterocycles. The van der Waals surface area contributed by atoms with Crippen LogP contribution in [0.3, 0.4) is 0 Å². The molecule has 0 N–H and O–H groups in total. The predicted molar refractivity (Wildman–Crippen MR) is 82.9 cm³/mol. The molecule has 0 bridgehead atoms. The summed E-state index contributed by atoms with van der Waals surface area (Å²) in [5.74, 6) is 0.129. The highest BCUT2D eigenvalue weighted by Crippen LogP contribution is 2.30. The predicted octanol–water partition coefficient (Wildman–Crippen LogP) is 3.44. The van der Waals surface area contributed by atoms with Gasteiger partial charge in [0.25, 0.3) is 0 Å². The molecular weight excluding hydrogens is 284 g/mol. The average molecular weight is 304 g/mol. The summed E-state index contributed by atoms with van der Waals surface area (Å²) in [5.41, 5.74) is 2.30. The van der Waals surface area contributed by atoms with E-state index in [1.807, 2.05) is 20.8 Å². The molecule has 112 valence electrons. The molecule has 0 saturated heterocycles. The zero-order valence-corrected chi connectivity index (χ0v) is 13.6. The highest BCUT2D eigenvalue weighted by molar-refractivity contribution is 7.91. The van der Waals surface area contributed by atoms with Crippen molar-refractivity contribution in [2.45, 2.75) is 43.8 Å². The van der Waals surface area contributed by atoms with Crippen LogP contribution in [0.2, 0.25) is 0 Å². The van der Waals surface area contributed by atoms with Gasteiger partial charge in [-0.2, -0.15) is 0 Å². The van der Waals surface area contributed by atoms with Gasteiger partial charge in [-0.15, -0.1) is 0 Å². The second-order valence-corrected chi connectivity index (χ2v) is 7.75. The van der Waals surface area contributed by atoms with E-state index in [1.165, 1.54) is 0 Å². The average Bonchev–Trinajstić information content (AvgIpc) is 2.46. The van der Waals surface area contributed by atoms with E-state index in [1.54, 1.807) is 43.6 Å². The van der Waals surface area contributed by atoms with E-state index in [2.05, 4.69) is 9.97 Å². The van der Waals surface area contributed by atoms with Crippen molar-refractivity contribution < 1.29 is 8.42 Å². The van der Waals surface area contributed by atoms with Gasteiger partial charge < -0.3 is 0 Å². The van der Waals surface area contributed by atoms with Crippen LogP contribution in [-0.2, 0) is 9.84 Å². The maximum Gasteiger partial charge on any atom is 0.186 e. The first kappa shape index (κ1) is 15.6. The van der Waals surface area contributed by atoms with Crippen molar-refractivity contribution in [2.24, 2.45) is 0 Å². The van der Waals surface area contributed by atoms with Crippen molar-refractivity contribution >= 4 is 9.84 Å². The first-order chi connectivity index (χ1) is 9.84. The standard InChI is InChI=1S/C16H20N2O2S/c1-11(2)15-16(18-10-9-17-15)13(4)21(19,20)14-7-5-12(3)6-8-14/h5-11,13H,1-4H3/t13-/m1/s1. The second-order valence-electron chi connectivity index (χ2n) is 5.48. The van der Waals surface area contributed by atoms with Gasteiger partial charge in [0, 0.05) is 12.4 Å². The lowest BCUT2D eigenvalue weighted by molar-refractivity contribution is 0.583. The number of nitrogens with zero attached hydrogens (tertiary/aromatic N) is 2. The molecule has 0 aliphatic heterocycles. The van der Waals surface area contributed by atoms with Gasteiger partial charge in [0.15, 0.2) is 9.84 Å². The number of hydrogen-bond acceptors (Lipinski definition) is 4. The molecule has 2 rings (SSSR count). The fourth-order valence-corrected chi connectivity index (χ4v) is 3.60. The van der Waals surface area contributed by atoms with Crippen molar-refractivity contribution in [3.8, 4) is 0 Å². The molecule has 0 radical (unpaired) electrons. The van der Waals surface area contributed by atoms with Crippen molar-refractivity contribution in [3.05, 3.63) is 53.6 Å². The maximum atomic E-state index is 12.8. The van der Waals surface area contributed by atoms with Crippen LogP contribution in [0.1, 0.15) is 48.9 Å². The van der Waals surface area contributed by atoms with Gasteiger partial charge in [0.2, 0.25) is 0 Å². The van der Waals surface area contributed by atoms with Crippen LogP contribution in [-0.4, -0.2) is 18.4 Å². The molecule has 0 amide bonds. The molecule has 0 saturated carbocycles. The Morgan fingerprint density at radius 3 is 1.95 bits per heavy atom. The smallest absolute Gasteiger partial charge is 0.186 e. The number of sulfone groups is 1. The third-order valence-electron chi connectivity index (χ3n) is 3.50. The first-order valence-corrected chi connectivity index (χ1v) is 8.50. The molecule has 0 aliphatic carbocycles. The number of benzene rings is 1. The van der Waals surface area contributed by atoms with E-state index in [-0.39, 0.29) is 5.92 Å². The third-order valence-corrected chi connectivity index (χ3v) is 5.59. The molecule has 1 aromatic heterocycles. The quantitative estimate of drug-likeness (QED) is 0.868. The van der Waals surface area contributed by atoms with Crippen LogP contribution in [0.5, 0.6) is 0 Å². The van der Waals surface area contributed by atoms with Gasteiger partial charge in [0.1, 0.15) is 5.25 Å². The largest absolute Gasteiger partial charge is 0.257 e. The Balaban J connectivity index is 2.48. The molecule has 0 unspecified atom stereocenters. The summed E-state index contributed by atoms with van der Waals surface area (Å²) in [7, 11) is -3.47. The van der Waals surface area contributed by atoms with Gasteiger partial charge in [-0.05, 0) is 31.9 Å². The Hall–Kier alpha value is -1.75. The van der Waals surface area contributed by atoms with Crippen LogP contribution in [0.15, 0.2) is 41.6 Å². The van der Waals surface area contributed by atoms with Crippen LogP contribution in [0.4, 0.5) is 0 Å². The van der Waals surface area contributed by atoms with Crippen LogP contribution in [0, 0.1) is 6.92 Å². The van der Waals surface area contributed by atoms with Gasteiger partial charge in [-0.25, -0.2) is 8.42 Å². The lowest BCUT2D eigenvalue weighted by Gasteiger charge is -2.17. The summed E-state index contributed by atoms with van der Waals surface area (Å²) >= 11 is 0. The second kappa shape index (κ2) is 5.93. The molecular formula is C16H20N2O2S. The van der Waals surface area contributed by atoms with Crippen molar-refractivity contribution in [3.63, 3.8) is 0 Å². The molecule has 2 aromatic rings. The monoisotopic (exact) mass is 304 g/mol. The van der Waals surface area contributed by atoms with Crippen molar-refractivity contribution in [1.29, 1.82) is 0 Å². The van der Waals surface area contributed by atoms with E-state index >= 15 is 0 Å². The third kappa shape index (κ3) is 3.13. The van der Waals surface area contributed by atoms with E-state index in [4.69, 9.17) is 0 Å². The Kier molecular flexibility index (Phi) is 4.42. The van der Waals surface area contributed by atoms with E-state index < -0.39 is 15.1 Å². The number of rotatable bonds is 4. The minimum atomic E-state index is -3.47. The van der Waals surface area contributed by atoms with Gasteiger partial charge in [0.05, 0.1) is 16.3 Å². The van der Waals surface area contributed by atoms with E-state index in [0.29, 0.717) is 10.6 Å². The lowest BCUT2D eigenvalue weighted by Crippen LogP contribution is -2.15. The van der Waals surface area contributed by atoms with Gasteiger partial charge in [-0.3, -0.25) is 9.97 Å². The van der Waals surface area contributed by atoms with Crippen LogP contribution < -0.4 is 0 Å². The number of aryl methyl sites for hydroxylation is 1. The number of aromatic nitrogens is 2. The zero-order valence-electron chi connectivity index (χ0n) is 12.7. The molecule has 1 atom stereocenters. The van der Waals surface area contributed by atoms with E-state index in [9.17, 15) is 8.42 Å². The normalized spacial score (nSPS) is 13.4. The van der Waals surface area contributed by atoms with Gasteiger partial charge in [-0.1, -0.05) is 31.5 Å². The molecule has 21 heavy (non-hydrogen) atoms. The summed E-state index contributed by atoms with van der Waals surface area (Å²) in [6, 6.07) is 6.90. The summed E-state index contributed by atoms with van der Waals surface area (Å²) in [6.45, 7) is 7.57. The van der Waals surface area contributed by atoms with Crippen LogP contribution in [0.25, 0.3) is 0 Å². The first-order valence-electron chi connectivity index (χ1n) is 6.95. The highest BCUT2D eigenvalue weighted by atomic mass is 32.2. The van der Waals surface area contributed by atoms with Crippen LogP contribution >= 0.6 is 0 Å². The minimum absolute atomic E-state index is 0.129.